The molecule has 0 unspecified atom stereocenters. The molecule has 3 heterocycles. The number of aromatic nitrogens is 3. The first-order valence-electron chi connectivity index (χ1n) is 11.6. The fraction of sp³-hybridized carbons (Fsp3) is 0.360. The Balaban J connectivity index is 1.55. The molecular weight excluding hydrogens is 502 g/mol. The summed E-state index contributed by atoms with van der Waals surface area (Å²) < 4.78 is 54.8. The Kier molecular flexibility index (Phi) is 5.89. The van der Waals surface area contributed by atoms with Crippen LogP contribution in [0.15, 0.2) is 41.8 Å². The van der Waals surface area contributed by atoms with Gasteiger partial charge >= 0.3 is 0 Å². The fourth-order valence-electron chi connectivity index (χ4n) is 4.44. The van der Waals surface area contributed by atoms with E-state index in [2.05, 4.69) is 20.3 Å². The molecule has 1 aromatic carbocycles. The van der Waals surface area contributed by atoms with Crippen molar-refractivity contribution in [2.24, 2.45) is 18.0 Å². The van der Waals surface area contributed by atoms with Crippen molar-refractivity contribution in [1.82, 2.24) is 14.5 Å². The highest BCUT2D eigenvalue weighted by Gasteiger charge is 2.60. The number of alkyl halides is 2. The van der Waals surface area contributed by atoms with Crippen molar-refractivity contribution in [3.05, 3.63) is 48.2 Å². The topological polar surface area (TPSA) is 110 Å². The van der Waals surface area contributed by atoms with Gasteiger partial charge in [-0.15, -0.1) is 0 Å². The van der Waals surface area contributed by atoms with Crippen molar-refractivity contribution in [1.29, 1.82) is 0 Å². The van der Waals surface area contributed by atoms with Gasteiger partial charge in [0.05, 0.1) is 58.8 Å². The number of benzene rings is 1. The van der Waals surface area contributed by atoms with Crippen LogP contribution in [0.3, 0.4) is 0 Å². The van der Waals surface area contributed by atoms with Gasteiger partial charge in [0.25, 0.3) is 5.92 Å². The zero-order chi connectivity index (χ0) is 26.7. The Hall–Kier alpha value is -3.67. The molecule has 0 amide bonds. The smallest absolute Gasteiger partial charge is 0.258 e. The number of aryl methyl sites for hydroxylation is 1. The average Bonchev–Trinajstić information content (AvgIpc) is 3.09. The summed E-state index contributed by atoms with van der Waals surface area (Å²) in [5.41, 5.74) is 5.36. The third kappa shape index (κ3) is 4.85. The molecule has 0 spiro atoms. The summed E-state index contributed by atoms with van der Waals surface area (Å²) in [6.07, 6.45) is 4.30. The second-order valence-electron chi connectivity index (χ2n) is 9.62. The van der Waals surface area contributed by atoms with Gasteiger partial charge in [-0.05, 0) is 25.1 Å². The molecule has 1 aliphatic carbocycles. The molecule has 2 aliphatic rings. The average molecular weight is 529 g/mol. The SMILES string of the molecule is CC1=Nc2c(Nc3ccc(-c4cncn4C)cc3N(C)S(C)(=O)=O)cc(CC(=O)[C@@H]3CC3(F)F)nc2C1. The number of nitrogens with one attached hydrogen (secondary N) is 1. The molecule has 1 aliphatic heterocycles. The van der Waals surface area contributed by atoms with Crippen LogP contribution in [-0.2, 0) is 34.7 Å². The van der Waals surface area contributed by atoms with Crippen molar-refractivity contribution >= 4 is 44.3 Å². The van der Waals surface area contributed by atoms with E-state index in [0.717, 1.165) is 23.2 Å². The Morgan fingerprint density at radius 3 is 2.62 bits per heavy atom. The summed E-state index contributed by atoms with van der Waals surface area (Å²) in [5.74, 6) is -4.74. The number of anilines is 3. The Morgan fingerprint density at radius 2 is 2.00 bits per heavy atom. The minimum absolute atomic E-state index is 0.212. The first-order chi connectivity index (χ1) is 17.3. The summed E-state index contributed by atoms with van der Waals surface area (Å²) in [5, 5.41) is 3.27. The number of carbonyl (C=O) groups excluding carboxylic acids is 1. The minimum atomic E-state index is -3.61. The van der Waals surface area contributed by atoms with Crippen molar-refractivity contribution in [2.45, 2.75) is 32.1 Å². The summed E-state index contributed by atoms with van der Waals surface area (Å²) in [4.78, 5) is 25.6. The molecule has 2 aromatic heterocycles. The van der Waals surface area contributed by atoms with E-state index in [9.17, 15) is 22.0 Å². The molecule has 9 nitrogen and oxygen atoms in total. The molecule has 3 aromatic rings. The number of hydrogen-bond acceptors (Lipinski definition) is 7. The third-order valence-corrected chi connectivity index (χ3v) is 7.82. The van der Waals surface area contributed by atoms with Crippen LogP contribution in [0.25, 0.3) is 11.3 Å². The fourth-order valence-corrected chi connectivity index (χ4v) is 4.94. The van der Waals surface area contributed by atoms with Gasteiger partial charge in [-0.3, -0.25) is 19.1 Å². The first-order valence-corrected chi connectivity index (χ1v) is 13.5. The molecule has 1 saturated carbocycles. The first kappa shape index (κ1) is 25.0. The van der Waals surface area contributed by atoms with E-state index in [0.29, 0.717) is 40.6 Å². The normalized spacial score (nSPS) is 17.8. The van der Waals surface area contributed by atoms with Crippen LogP contribution in [-0.4, -0.2) is 53.7 Å². The highest BCUT2D eigenvalue weighted by molar-refractivity contribution is 7.92. The number of imidazole rings is 1. The van der Waals surface area contributed by atoms with Gasteiger partial charge in [-0.2, -0.15) is 0 Å². The van der Waals surface area contributed by atoms with E-state index in [1.54, 1.807) is 30.7 Å². The molecule has 1 fully saturated rings. The van der Waals surface area contributed by atoms with E-state index >= 15 is 0 Å². The molecular formula is C25H26F2N6O3S. The van der Waals surface area contributed by atoms with E-state index in [-0.39, 0.29) is 6.42 Å². The lowest BCUT2D eigenvalue weighted by Crippen LogP contribution is -2.25. The van der Waals surface area contributed by atoms with Crippen LogP contribution in [0.1, 0.15) is 24.7 Å². The van der Waals surface area contributed by atoms with E-state index in [1.165, 1.54) is 11.4 Å². The number of ketones is 1. The van der Waals surface area contributed by atoms with Crippen molar-refractivity contribution < 1.29 is 22.0 Å². The summed E-state index contributed by atoms with van der Waals surface area (Å²) in [6, 6.07) is 6.97. The lowest BCUT2D eigenvalue weighted by Gasteiger charge is -2.23. The maximum atomic E-state index is 13.4. The molecule has 5 rings (SSSR count). The van der Waals surface area contributed by atoms with Gasteiger partial charge < -0.3 is 9.88 Å². The summed E-state index contributed by atoms with van der Waals surface area (Å²) in [6.45, 7) is 1.85. The van der Waals surface area contributed by atoms with Gasteiger partial charge in [-0.25, -0.2) is 22.2 Å². The second-order valence-corrected chi connectivity index (χ2v) is 11.6. The summed E-state index contributed by atoms with van der Waals surface area (Å²) >= 11 is 0. The molecule has 0 saturated heterocycles. The molecule has 1 N–H and O–H groups in total. The number of halogens is 2. The number of pyridine rings is 1. The molecule has 1 atom stereocenters. The predicted octanol–water partition coefficient (Wildman–Crippen LogP) is 4.04. The Labute approximate surface area is 213 Å². The maximum absolute atomic E-state index is 13.4. The highest BCUT2D eigenvalue weighted by atomic mass is 32.2. The van der Waals surface area contributed by atoms with Crippen molar-refractivity contribution in [3.8, 4) is 11.3 Å². The summed E-state index contributed by atoms with van der Waals surface area (Å²) in [7, 11) is -0.306. The van der Waals surface area contributed by atoms with Crippen LogP contribution in [0.5, 0.6) is 0 Å². The van der Waals surface area contributed by atoms with Crippen LogP contribution in [0, 0.1) is 5.92 Å². The molecule has 0 radical (unpaired) electrons. The zero-order valence-corrected chi connectivity index (χ0v) is 21.6. The monoisotopic (exact) mass is 528 g/mol. The zero-order valence-electron chi connectivity index (χ0n) is 20.8. The lowest BCUT2D eigenvalue weighted by atomic mass is 10.1. The second kappa shape index (κ2) is 8.72. The lowest BCUT2D eigenvalue weighted by molar-refractivity contribution is -0.121. The molecule has 37 heavy (non-hydrogen) atoms. The molecule has 12 heteroatoms. The Bertz CT molecular complexity index is 1560. The largest absolute Gasteiger partial charge is 0.352 e. The van der Waals surface area contributed by atoms with E-state index in [4.69, 9.17) is 0 Å². The van der Waals surface area contributed by atoms with Gasteiger partial charge in [0.1, 0.15) is 11.5 Å². The Morgan fingerprint density at radius 1 is 1.27 bits per heavy atom. The number of rotatable bonds is 8. The van der Waals surface area contributed by atoms with Crippen molar-refractivity contribution in [3.63, 3.8) is 0 Å². The number of aliphatic imine (C=N–C) groups is 1. The van der Waals surface area contributed by atoms with Crippen LogP contribution < -0.4 is 9.62 Å². The third-order valence-electron chi connectivity index (χ3n) is 6.63. The number of nitrogens with zero attached hydrogens (tertiary/aromatic N) is 5. The number of sulfonamides is 1. The number of fused-ring (bicyclic) bond motifs is 1. The van der Waals surface area contributed by atoms with Gasteiger partial charge in [-0.1, -0.05) is 6.07 Å². The van der Waals surface area contributed by atoms with Crippen LogP contribution in [0.4, 0.5) is 31.5 Å². The van der Waals surface area contributed by atoms with Gasteiger partial charge in [0.15, 0.2) is 0 Å². The quantitative estimate of drug-likeness (QED) is 0.473. The minimum Gasteiger partial charge on any atom is -0.352 e. The van der Waals surface area contributed by atoms with Crippen LogP contribution in [0.2, 0.25) is 0 Å². The van der Waals surface area contributed by atoms with Gasteiger partial charge in [0.2, 0.25) is 10.0 Å². The predicted molar refractivity (Wildman–Crippen MR) is 138 cm³/mol. The highest BCUT2D eigenvalue weighted by Crippen LogP contribution is 2.49. The molecule has 194 valence electrons. The maximum Gasteiger partial charge on any atom is 0.258 e. The number of Topliss-reactive ketones (excluding diaryl/α,β-unsaturated/α-hetero) is 1. The molecule has 0 bridgehead atoms. The van der Waals surface area contributed by atoms with Crippen molar-refractivity contribution in [2.75, 3.05) is 22.9 Å². The van der Waals surface area contributed by atoms with E-state index < -0.39 is 34.1 Å². The van der Waals surface area contributed by atoms with Gasteiger partial charge in [0, 0.05) is 44.6 Å². The number of hydrogen-bond donors (Lipinski definition) is 1. The number of carbonyl (C=O) groups is 1. The van der Waals surface area contributed by atoms with E-state index in [1.807, 2.05) is 24.6 Å². The van der Waals surface area contributed by atoms with Crippen LogP contribution >= 0.6 is 0 Å². The standard InChI is InChI=1S/C25H26F2N6O3S/c1-14-7-19-24(29-14)20(9-16(30-19)10-23(34)17-11-25(17,26)27)31-18-6-5-15(22-12-28-13-32(22)2)8-21(18)33(3)37(4,35)36/h5-6,8-9,12-13,17H,7,10-11H2,1-4H3,(H,30,31)/t17-/m0/s1.